The molecule has 1 aromatic rings. The first-order valence-corrected chi connectivity index (χ1v) is 7.61. The van der Waals surface area contributed by atoms with Crippen molar-refractivity contribution in [2.75, 3.05) is 18.0 Å². The van der Waals surface area contributed by atoms with Gasteiger partial charge in [-0.05, 0) is 46.0 Å². The van der Waals surface area contributed by atoms with Crippen molar-refractivity contribution >= 4 is 5.95 Å². The van der Waals surface area contributed by atoms with Gasteiger partial charge in [-0.25, -0.2) is 4.98 Å². The number of aromatic nitrogens is 2. The van der Waals surface area contributed by atoms with Crippen LogP contribution in [0.25, 0.3) is 0 Å². The Hall–Kier alpha value is -1.03. The summed E-state index contributed by atoms with van der Waals surface area (Å²) in [6.45, 7) is 10.9. The normalized spacial score (nSPS) is 19.2. The summed E-state index contributed by atoms with van der Waals surface area (Å²) in [5, 5.41) is 0. The van der Waals surface area contributed by atoms with Crippen molar-refractivity contribution in [1.82, 2.24) is 9.55 Å². The first-order chi connectivity index (χ1) is 9.02. The zero-order valence-corrected chi connectivity index (χ0v) is 12.8. The number of rotatable bonds is 4. The maximum absolute atomic E-state index is 6.02. The largest absolute Gasteiger partial charge is 0.342 e. The minimum atomic E-state index is 0.318. The van der Waals surface area contributed by atoms with E-state index in [1.807, 2.05) is 0 Å². The average molecular weight is 264 g/mol. The number of anilines is 1. The van der Waals surface area contributed by atoms with Crippen LogP contribution in [-0.2, 0) is 6.42 Å². The maximum atomic E-state index is 6.02. The van der Waals surface area contributed by atoms with Crippen LogP contribution in [0, 0.1) is 5.92 Å². The van der Waals surface area contributed by atoms with Crippen LogP contribution in [-0.4, -0.2) is 28.7 Å². The molecule has 0 bridgehead atoms. The highest BCUT2D eigenvalue weighted by molar-refractivity contribution is 5.35. The molecule has 2 N–H and O–H groups in total. The van der Waals surface area contributed by atoms with Gasteiger partial charge in [0.05, 0.1) is 5.69 Å². The lowest BCUT2D eigenvalue weighted by molar-refractivity contribution is 0.350. The number of hydrogen-bond donors (Lipinski definition) is 1. The Kier molecular flexibility index (Phi) is 4.50. The predicted molar refractivity (Wildman–Crippen MR) is 80.6 cm³/mol. The van der Waals surface area contributed by atoms with Crippen molar-refractivity contribution in [2.24, 2.45) is 11.7 Å². The summed E-state index contributed by atoms with van der Waals surface area (Å²) in [4.78, 5) is 7.23. The highest BCUT2D eigenvalue weighted by Crippen LogP contribution is 2.26. The lowest BCUT2D eigenvalue weighted by Gasteiger charge is -2.35. The molecule has 0 aromatic carbocycles. The van der Waals surface area contributed by atoms with Gasteiger partial charge in [0.2, 0.25) is 5.95 Å². The van der Waals surface area contributed by atoms with Crippen LogP contribution in [0.1, 0.15) is 52.3 Å². The zero-order chi connectivity index (χ0) is 14.0. The molecule has 2 rings (SSSR count). The van der Waals surface area contributed by atoms with Crippen molar-refractivity contribution in [3.63, 3.8) is 0 Å². The molecule has 1 aliphatic heterocycles. The molecule has 19 heavy (non-hydrogen) atoms. The molecule has 4 nitrogen and oxygen atoms in total. The quantitative estimate of drug-likeness (QED) is 0.909. The summed E-state index contributed by atoms with van der Waals surface area (Å²) in [5.41, 5.74) is 7.21. The molecule has 0 aliphatic carbocycles. The van der Waals surface area contributed by atoms with Gasteiger partial charge in [-0.2, -0.15) is 0 Å². The molecule has 1 aliphatic rings. The molecule has 2 heterocycles. The number of hydrogen-bond acceptors (Lipinski definition) is 3. The summed E-state index contributed by atoms with van der Waals surface area (Å²) in [7, 11) is 0. The molecule has 0 radical (unpaired) electrons. The average Bonchev–Trinajstić information content (AvgIpc) is 2.83. The minimum absolute atomic E-state index is 0.318. The maximum Gasteiger partial charge on any atom is 0.205 e. The standard InChI is InChI=1S/C15H28N4/c1-5-14-10-19(11(2)3)15(17-14)18-8-6-13(7-9-18)12(4)16/h10-13H,5-9,16H2,1-4H3. The van der Waals surface area contributed by atoms with Gasteiger partial charge < -0.3 is 15.2 Å². The molecular formula is C15H28N4. The topological polar surface area (TPSA) is 47.1 Å². The van der Waals surface area contributed by atoms with Gasteiger partial charge in [-0.3, -0.25) is 0 Å². The molecule has 1 fully saturated rings. The molecule has 0 amide bonds. The minimum Gasteiger partial charge on any atom is -0.342 e. The summed E-state index contributed by atoms with van der Waals surface area (Å²) in [6, 6.07) is 0.784. The molecule has 0 spiro atoms. The second kappa shape index (κ2) is 5.95. The van der Waals surface area contributed by atoms with Crippen LogP contribution in [0.15, 0.2) is 6.20 Å². The SMILES string of the molecule is CCc1cn(C(C)C)c(N2CCC(C(C)N)CC2)n1. The number of nitrogens with two attached hydrogens (primary N) is 1. The van der Waals surface area contributed by atoms with Crippen molar-refractivity contribution in [3.05, 3.63) is 11.9 Å². The monoisotopic (exact) mass is 264 g/mol. The predicted octanol–water partition coefficient (Wildman–Crippen LogP) is 2.59. The Balaban J connectivity index is 2.12. The van der Waals surface area contributed by atoms with Gasteiger partial charge in [0, 0.05) is 31.4 Å². The second-order valence-electron chi connectivity index (χ2n) is 6.07. The summed E-state index contributed by atoms with van der Waals surface area (Å²) >= 11 is 0. The van der Waals surface area contributed by atoms with Gasteiger partial charge in [0.25, 0.3) is 0 Å². The molecule has 1 unspecified atom stereocenters. The lowest BCUT2D eigenvalue weighted by atomic mass is 9.91. The van der Waals surface area contributed by atoms with E-state index in [9.17, 15) is 0 Å². The fraction of sp³-hybridized carbons (Fsp3) is 0.800. The van der Waals surface area contributed by atoms with Crippen molar-refractivity contribution in [1.29, 1.82) is 0 Å². The number of nitrogens with zero attached hydrogens (tertiary/aromatic N) is 3. The van der Waals surface area contributed by atoms with Crippen LogP contribution in [0.4, 0.5) is 5.95 Å². The Morgan fingerprint density at radius 2 is 1.95 bits per heavy atom. The lowest BCUT2D eigenvalue weighted by Crippen LogP contribution is -2.40. The van der Waals surface area contributed by atoms with Crippen molar-refractivity contribution < 1.29 is 0 Å². The third-order valence-electron chi connectivity index (χ3n) is 4.25. The fourth-order valence-electron chi connectivity index (χ4n) is 2.84. The Morgan fingerprint density at radius 3 is 2.42 bits per heavy atom. The summed E-state index contributed by atoms with van der Waals surface area (Å²) in [6.07, 6.45) is 5.58. The van der Waals surface area contributed by atoms with E-state index in [1.54, 1.807) is 0 Å². The van der Waals surface area contributed by atoms with Gasteiger partial charge >= 0.3 is 0 Å². The van der Waals surface area contributed by atoms with Crippen molar-refractivity contribution in [3.8, 4) is 0 Å². The number of piperidine rings is 1. The van der Waals surface area contributed by atoms with E-state index in [0.717, 1.165) is 25.5 Å². The summed E-state index contributed by atoms with van der Waals surface area (Å²) < 4.78 is 2.31. The fourth-order valence-corrected chi connectivity index (χ4v) is 2.84. The molecule has 1 atom stereocenters. The van der Waals surface area contributed by atoms with Gasteiger partial charge in [-0.1, -0.05) is 6.92 Å². The van der Waals surface area contributed by atoms with Crippen molar-refractivity contribution in [2.45, 2.75) is 59.0 Å². The highest BCUT2D eigenvalue weighted by Gasteiger charge is 2.25. The van der Waals surface area contributed by atoms with Crippen LogP contribution < -0.4 is 10.6 Å². The van der Waals surface area contributed by atoms with Crippen LogP contribution in [0.3, 0.4) is 0 Å². The third-order valence-corrected chi connectivity index (χ3v) is 4.25. The van der Waals surface area contributed by atoms with E-state index in [1.165, 1.54) is 18.5 Å². The number of aryl methyl sites for hydroxylation is 1. The van der Waals surface area contributed by atoms with E-state index in [4.69, 9.17) is 10.7 Å². The third kappa shape index (κ3) is 3.11. The molecule has 4 heteroatoms. The van der Waals surface area contributed by atoms with Crippen LogP contribution in [0.5, 0.6) is 0 Å². The molecule has 1 saturated heterocycles. The van der Waals surface area contributed by atoms with Gasteiger partial charge in [0.1, 0.15) is 0 Å². The van der Waals surface area contributed by atoms with Gasteiger partial charge in [0.15, 0.2) is 0 Å². The zero-order valence-electron chi connectivity index (χ0n) is 12.8. The van der Waals surface area contributed by atoms with Crippen LogP contribution >= 0.6 is 0 Å². The first kappa shape index (κ1) is 14.4. The van der Waals surface area contributed by atoms with Crippen LogP contribution in [0.2, 0.25) is 0 Å². The van der Waals surface area contributed by atoms with E-state index in [2.05, 4.69) is 43.4 Å². The molecule has 1 aromatic heterocycles. The Bertz CT molecular complexity index is 400. The van der Waals surface area contributed by atoms with E-state index in [0.29, 0.717) is 18.0 Å². The Labute approximate surface area is 117 Å². The summed E-state index contributed by atoms with van der Waals surface area (Å²) in [5.74, 6) is 1.82. The van der Waals surface area contributed by atoms with E-state index in [-0.39, 0.29) is 0 Å². The smallest absolute Gasteiger partial charge is 0.205 e. The first-order valence-electron chi connectivity index (χ1n) is 7.61. The molecule has 0 saturated carbocycles. The number of imidazole rings is 1. The Morgan fingerprint density at radius 1 is 1.32 bits per heavy atom. The van der Waals surface area contributed by atoms with E-state index >= 15 is 0 Å². The van der Waals surface area contributed by atoms with E-state index < -0.39 is 0 Å². The second-order valence-corrected chi connectivity index (χ2v) is 6.07. The highest BCUT2D eigenvalue weighted by atomic mass is 15.3. The molecular weight excluding hydrogens is 236 g/mol. The van der Waals surface area contributed by atoms with Gasteiger partial charge in [-0.15, -0.1) is 0 Å². The molecule has 108 valence electrons.